The second-order valence-electron chi connectivity index (χ2n) is 7.56. The van der Waals surface area contributed by atoms with E-state index in [9.17, 15) is 9.59 Å². The number of hydrogen-bond acceptors (Lipinski definition) is 5. The summed E-state index contributed by atoms with van der Waals surface area (Å²) in [5, 5.41) is 0.986. The van der Waals surface area contributed by atoms with Gasteiger partial charge in [-0.15, -0.1) is 11.3 Å². The number of fused-ring (bicyclic) bond motifs is 2. The Labute approximate surface area is 178 Å². The van der Waals surface area contributed by atoms with E-state index in [0.717, 1.165) is 27.4 Å². The number of nitrogens with zero attached hydrogens (tertiary/aromatic N) is 3. The van der Waals surface area contributed by atoms with Gasteiger partial charge in [-0.05, 0) is 58.2 Å². The Balaban J connectivity index is 1.68. The number of rotatable bonds is 4. The van der Waals surface area contributed by atoms with Gasteiger partial charge in [0.05, 0.1) is 10.6 Å². The molecule has 3 heterocycles. The van der Waals surface area contributed by atoms with Crippen molar-refractivity contribution in [1.82, 2.24) is 9.55 Å². The first kappa shape index (κ1) is 20.2. The molecule has 0 spiro atoms. The Morgan fingerprint density at radius 1 is 1.34 bits per heavy atom. The van der Waals surface area contributed by atoms with Crippen LogP contribution in [-0.2, 0) is 17.8 Å². The Bertz CT molecular complexity index is 1160. The number of aryl methyl sites for hydroxylation is 2. The van der Waals surface area contributed by atoms with Crippen molar-refractivity contribution in [3.05, 3.63) is 50.6 Å². The molecular weight excluding hydrogens is 402 g/mol. The van der Waals surface area contributed by atoms with Crippen LogP contribution in [0.1, 0.15) is 36.8 Å². The second kappa shape index (κ2) is 7.61. The van der Waals surface area contributed by atoms with Crippen molar-refractivity contribution in [3.63, 3.8) is 0 Å². The monoisotopic (exact) mass is 427 g/mol. The first-order valence-electron chi connectivity index (χ1n) is 9.91. The molecule has 29 heavy (non-hydrogen) atoms. The molecule has 0 N–H and O–H groups in total. The van der Waals surface area contributed by atoms with Crippen molar-refractivity contribution in [3.8, 4) is 0 Å². The zero-order valence-corrected chi connectivity index (χ0v) is 19.0. The van der Waals surface area contributed by atoms with Crippen LogP contribution in [0, 0.1) is 13.8 Å². The lowest BCUT2D eigenvalue weighted by molar-refractivity contribution is -0.118. The molecule has 5 nitrogen and oxygen atoms in total. The summed E-state index contributed by atoms with van der Waals surface area (Å²) in [6.45, 7) is 10.5. The van der Waals surface area contributed by atoms with Crippen molar-refractivity contribution >= 4 is 44.9 Å². The van der Waals surface area contributed by atoms with E-state index in [1.54, 1.807) is 15.9 Å². The van der Waals surface area contributed by atoms with Crippen molar-refractivity contribution in [2.45, 2.75) is 64.0 Å². The number of para-hydroxylation sites is 1. The number of amides is 1. The lowest BCUT2D eigenvalue weighted by Crippen LogP contribution is -2.40. The lowest BCUT2D eigenvalue weighted by Gasteiger charge is -2.26. The topological polar surface area (TPSA) is 55.2 Å². The van der Waals surface area contributed by atoms with Gasteiger partial charge in [0.25, 0.3) is 5.56 Å². The van der Waals surface area contributed by atoms with Crippen molar-refractivity contribution < 1.29 is 4.79 Å². The highest BCUT2D eigenvalue weighted by atomic mass is 32.2. The molecule has 2 unspecified atom stereocenters. The number of thioether (sulfide) groups is 1. The fourth-order valence-electron chi connectivity index (χ4n) is 3.98. The van der Waals surface area contributed by atoms with Gasteiger partial charge in [-0.3, -0.25) is 14.2 Å². The molecule has 0 aliphatic carbocycles. The smallest absolute Gasteiger partial charge is 0.263 e. The van der Waals surface area contributed by atoms with Crippen molar-refractivity contribution in [2.24, 2.45) is 0 Å². The molecule has 7 heteroatoms. The van der Waals surface area contributed by atoms with Gasteiger partial charge in [-0.2, -0.15) is 0 Å². The third-order valence-electron chi connectivity index (χ3n) is 5.64. The molecule has 1 aliphatic heterocycles. The average Bonchev–Trinajstić information content (AvgIpc) is 3.16. The van der Waals surface area contributed by atoms with E-state index in [4.69, 9.17) is 4.98 Å². The Morgan fingerprint density at radius 2 is 2.07 bits per heavy atom. The summed E-state index contributed by atoms with van der Waals surface area (Å²) < 4.78 is 1.69. The fourth-order valence-corrected chi connectivity index (χ4v) is 6.07. The summed E-state index contributed by atoms with van der Waals surface area (Å²) in [6.07, 6.45) is 0.872. The number of carbonyl (C=O) groups is 1. The minimum atomic E-state index is -0.340. The highest BCUT2D eigenvalue weighted by Gasteiger charge is 2.34. The first-order valence-corrected chi connectivity index (χ1v) is 11.6. The summed E-state index contributed by atoms with van der Waals surface area (Å²) in [5.41, 5.74) is 3.20. The molecule has 3 aromatic rings. The molecule has 1 aliphatic rings. The third-order valence-corrected chi connectivity index (χ3v) is 7.82. The SMILES string of the molecule is CCn1c(SC(C)C(=O)N2c3ccccc3CC2C)nc2sc(C)c(C)c2c1=O. The van der Waals surface area contributed by atoms with Gasteiger partial charge in [0.2, 0.25) is 5.91 Å². The van der Waals surface area contributed by atoms with Gasteiger partial charge in [0, 0.05) is 23.2 Å². The van der Waals surface area contributed by atoms with Crippen LogP contribution in [0.3, 0.4) is 0 Å². The van der Waals surface area contributed by atoms with Crippen LogP contribution < -0.4 is 10.5 Å². The van der Waals surface area contributed by atoms with Gasteiger partial charge in [-0.25, -0.2) is 4.98 Å². The number of hydrogen-bond donors (Lipinski definition) is 0. The maximum Gasteiger partial charge on any atom is 0.263 e. The van der Waals surface area contributed by atoms with E-state index in [1.165, 1.54) is 17.3 Å². The zero-order valence-electron chi connectivity index (χ0n) is 17.4. The molecule has 1 amide bonds. The van der Waals surface area contributed by atoms with Gasteiger partial charge >= 0.3 is 0 Å². The lowest BCUT2D eigenvalue weighted by atomic mass is 10.1. The number of aromatic nitrogens is 2. The fraction of sp³-hybridized carbons (Fsp3) is 0.409. The molecule has 0 bridgehead atoms. The molecule has 1 aromatic carbocycles. The van der Waals surface area contributed by atoms with Crippen molar-refractivity contribution in [1.29, 1.82) is 0 Å². The largest absolute Gasteiger partial charge is 0.308 e. The maximum atomic E-state index is 13.3. The zero-order chi connectivity index (χ0) is 20.9. The summed E-state index contributed by atoms with van der Waals surface area (Å²) in [4.78, 5) is 34.9. The van der Waals surface area contributed by atoms with Crippen LogP contribution in [-0.4, -0.2) is 26.8 Å². The molecule has 0 fully saturated rings. The van der Waals surface area contributed by atoms with E-state index in [0.29, 0.717) is 17.1 Å². The van der Waals surface area contributed by atoms with Crippen LogP contribution >= 0.6 is 23.1 Å². The Kier molecular flexibility index (Phi) is 5.29. The predicted molar refractivity (Wildman–Crippen MR) is 121 cm³/mol. The summed E-state index contributed by atoms with van der Waals surface area (Å²) in [6, 6.07) is 8.22. The van der Waals surface area contributed by atoms with E-state index in [2.05, 4.69) is 13.0 Å². The molecule has 2 aromatic heterocycles. The molecule has 152 valence electrons. The Hall–Kier alpha value is -2.12. The normalized spacial score (nSPS) is 17.0. The predicted octanol–water partition coefficient (Wildman–Crippen LogP) is 4.55. The first-order chi connectivity index (χ1) is 13.8. The van der Waals surface area contributed by atoms with Gasteiger partial charge < -0.3 is 4.90 Å². The minimum absolute atomic E-state index is 0.0126. The van der Waals surface area contributed by atoms with Crippen LogP contribution in [0.2, 0.25) is 0 Å². The van der Waals surface area contributed by atoms with Gasteiger partial charge in [-0.1, -0.05) is 30.0 Å². The van der Waals surface area contributed by atoms with Crippen LogP contribution in [0.5, 0.6) is 0 Å². The molecule has 4 rings (SSSR count). The van der Waals surface area contributed by atoms with Crippen molar-refractivity contribution in [2.75, 3.05) is 4.90 Å². The summed E-state index contributed by atoms with van der Waals surface area (Å²) in [7, 11) is 0. The van der Waals surface area contributed by atoms with Crippen LogP contribution in [0.4, 0.5) is 5.69 Å². The van der Waals surface area contributed by atoms with E-state index in [-0.39, 0.29) is 22.8 Å². The molecule has 0 saturated carbocycles. The highest BCUT2D eigenvalue weighted by molar-refractivity contribution is 8.00. The number of benzene rings is 1. The number of carbonyl (C=O) groups excluding carboxylic acids is 1. The van der Waals surface area contributed by atoms with E-state index in [1.807, 2.05) is 50.8 Å². The van der Waals surface area contributed by atoms with E-state index >= 15 is 0 Å². The molecular formula is C22H25N3O2S2. The quantitative estimate of drug-likeness (QED) is 0.453. The van der Waals surface area contributed by atoms with Gasteiger partial charge in [0.1, 0.15) is 4.83 Å². The maximum absolute atomic E-state index is 13.3. The average molecular weight is 428 g/mol. The van der Waals surface area contributed by atoms with Crippen LogP contribution in [0.15, 0.2) is 34.2 Å². The Morgan fingerprint density at radius 3 is 2.79 bits per heavy atom. The standard InChI is InChI=1S/C22H25N3O2S2/c1-6-24-21(27)18-13(3)14(4)28-19(18)23-22(24)29-15(5)20(26)25-12(2)11-16-9-7-8-10-17(16)25/h7-10,12,15H,6,11H2,1-5H3. The van der Waals surface area contributed by atoms with E-state index < -0.39 is 0 Å². The van der Waals surface area contributed by atoms with Gasteiger partial charge in [0.15, 0.2) is 5.16 Å². The molecule has 2 atom stereocenters. The second-order valence-corrected chi connectivity index (χ2v) is 10.1. The number of thiophene rings is 1. The van der Waals surface area contributed by atoms with Crippen LogP contribution in [0.25, 0.3) is 10.2 Å². The minimum Gasteiger partial charge on any atom is -0.308 e. The number of anilines is 1. The highest BCUT2D eigenvalue weighted by Crippen LogP contribution is 2.35. The third kappa shape index (κ3) is 3.30. The summed E-state index contributed by atoms with van der Waals surface area (Å²) >= 11 is 2.92. The summed E-state index contributed by atoms with van der Waals surface area (Å²) in [5.74, 6) is 0.0583. The molecule has 0 radical (unpaired) electrons. The molecule has 0 saturated heterocycles.